The average Bonchev–Trinajstić information content (AvgIpc) is 2.31. The largest absolute Gasteiger partial charge is 0.368 e. The second kappa shape index (κ2) is 5.79. The molecular weight excluding hydrogens is 377 g/mol. The van der Waals surface area contributed by atoms with Gasteiger partial charge in [0.2, 0.25) is 0 Å². The molecule has 2 heterocycles. The summed E-state index contributed by atoms with van der Waals surface area (Å²) in [5.74, 6) is 0.696. The molecule has 1 aromatic rings. The van der Waals surface area contributed by atoms with Crippen molar-refractivity contribution in [2.24, 2.45) is 0 Å². The van der Waals surface area contributed by atoms with Crippen molar-refractivity contribution in [3.8, 4) is 0 Å². The molecular formula is C13H19ClIN3O. The molecule has 6 heteroatoms. The summed E-state index contributed by atoms with van der Waals surface area (Å²) in [6.07, 6.45) is -0.0886. The third kappa shape index (κ3) is 3.56. The van der Waals surface area contributed by atoms with E-state index in [0.29, 0.717) is 17.6 Å². The van der Waals surface area contributed by atoms with E-state index in [-0.39, 0.29) is 11.5 Å². The molecule has 1 aliphatic heterocycles. The van der Waals surface area contributed by atoms with E-state index in [2.05, 4.69) is 60.3 Å². The molecule has 0 saturated carbocycles. The number of halogens is 2. The molecule has 0 aromatic carbocycles. The molecule has 0 amide bonds. The van der Waals surface area contributed by atoms with Crippen LogP contribution in [-0.4, -0.2) is 41.6 Å². The molecule has 0 bridgehead atoms. The minimum absolute atomic E-state index is 0.0571. The lowest BCUT2D eigenvalue weighted by Crippen LogP contribution is -2.36. The molecule has 0 aliphatic carbocycles. The highest BCUT2D eigenvalue weighted by Crippen LogP contribution is 2.31. The molecule has 1 aliphatic rings. The van der Waals surface area contributed by atoms with E-state index in [1.54, 1.807) is 0 Å². The van der Waals surface area contributed by atoms with Gasteiger partial charge in [0.25, 0.3) is 0 Å². The zero-order chi connectivity index (χ0) is 14.2. The average molecular weight is 396 g/mol. The van der Waals surface area contributed by atoms with Crippen LogP contribution in [0.25, 0.3) is 0 Å². The molecule has 106 valence electrons. The first-order valence-electron chi connectivity index (χ1n) is 6.32. The molecule has 0 spiro atoms. The molecule has 1 fully saturated rings. The van der Waals surface area contributed by atoms with Crippen molar-refractivity contribution in [1.29, 1.82) is 0 Å². The van der Waals surface area contributed by atoms with Gasteiger partial charge < -0.3 is 9.64 Å². The van der Waals surface area contributed by atoms with E-state index in [4.69, 9.17) is 21.3 Å². The van der Waals surface area contributed by atoms with Gasteiger partial charge in [0.15, 0.2) is 5.82 Å². The first kappa shape index (κ1) is 15.4. The maximum atomic E-state index is 6.25. The number of hydrogen-bond acceptors (Lipinski definition) is 4. The molecule has 2 rings (SSSR count). The molecule has 4 nitrogen and oxygen atoms in total. The third-order valence-corrected chi connectivity index (χ3v) is 4.71. The minimum atomic E-state index is -0.0886. The lowest BCUT2D eigenvalue weighted by molar-refractivity contribution is -0.0256. The zero-order valence-corrected chi connectivity index (χ0v) is 14.6. The Morgan fingerprint density at radius 2 is 2.05 bits per heavy atom. The van der Waals surface area contributed by atoms with Gasteiger partial charge in [-0.1, -0.05) is 32.4 Å². The number of nitrogens with zero attached hydrogens (tertiary/aromatic N) is 3. The van der Waals surface area contributed by atoms with E-state index in [1.165, 1.54) is 0 Å². The third-order valence-electron chi connectivity index (χ3n) is 3.10. The van der Waals surface area contributed by atoms with Crippen molar-refractivity contribution < 1.29 is 4.74 Å². The van der Waals surface area contributed by atoms with Crippen molar-refractivity contribution in [2.75, 3.05) is 26.7 Å². The summed E-state index contributed by atoms with van der Waals surface area (Å²) >= 11 is 8.47. The summed E-state index contributed by atoms with van der Waals surface area (Å²) in [5.41, 5.74) is 0.929. The number of ether oxygens (including phenoxy) is 1. The lowest BCUT2D eigenvalue weighted by atomic mass is 9.92. The van der Waals surface area contributed by atoms with Crippen LogP contribution < -0.4 is 0 Å². The Morgan fingerprint density at radius 1 is 1.37 bits per heavy atom. The first-order valence-corrected chi connectivity index (χ1v) is 7.78. The van der Waals surface area contributed by atoms with Crippen LogP contribution in [0.15, 0.2) is 0 Å². The monoisotopic (exact) mass is 395 g/mol. The topological polar surface area (TPSA) is 38.2 Å². The van der Waals surface area contributed by atoms with E-state index in [9.17, 15) is 0 Å². The molecule has 19 heavy (non-hydrogen) atoms. The van der Waals surface area contributed by atoms with Crippen molar-refractivity contribution in [2.45, 2.75) is 32.3 Å². The van der Waals surface area contributed by atoms with Crippen LogP contribution in [0.5, 0.6) is 0 Å². The van der Waals surface area contributed by atoms with Gasteiger partial charge in [-0.05, 0) is 29.6 Å². The van der Waals surface area contributed by atoms with Crippen LogP contribution in [0.3, 0.4) is 0 Å². The predicted molar refractivity (Wildman–Crippen MR) is 84.6 cm³/mol. The van der Waals surface area contributed by atoms with Gasteiger partial charge in [0, 0.05) is 18.5 Å². The van der Waals surface area contributed by atoms with E-state index >= 15 is 0 Å². The van der Waals surface area contributed by atoms with Gasteiger partial charge in [-0.25, -0.2) is 9.97 Å². The molecule has 0 radical (unpaired) electrons. The molecule has 1 atom stereocenters. The van der Waals surface area contributed by atoms with Crippen molar-refractivity contribution in [3.05, 3.63) is 20.2 Å². The number of rotatable bonds is 1. The highest BCUT2D eigenvalue weighted by Gasteiger charge is 2.27. The zero-order valence-electron chi connectivity index (χ0n) is 11.7. The van der Waals surface area contributed by atoms with Crippen molar-refractivity contribution in [1.82, 2.24) is 14.9 Å². The Kier molecular flexibility index (Phi) is 4.70. The van der Waals surface area contributed by atoms with Crippen LogP contribution in [0, 0.1) is 3.57 Å². The van der Waals surface area contributed by atoms with Crippen LogP contribution in [0.1, 0.15) is 38.4 Å². The van der Waals surface area contributed by atoms with Crippen molar-refractivity contribution >= 4 is 34.2 Å². The Bertz CT molecular complexity index is 476. The second-order valence-electron chi connectivity index (χ2n) is 5.91. The Labute approximate surface area is 133 Å². The van der Waals surface area contributed by atoms with Gasteiger partial charge in [0.1, 0.15) is 11.3 Å². The van der Waals surface area contributed by atoms with Crippen LogP contribution in [0.2, 0.25) is 5.15 Å². The van der Waals surface area contributed by atoms with Gasteiger partial charge in [-0.2, -0.15) is 0 Å². The second-order valence-corrected chi connectivity index (χ2v) is 7.34. The predicted octanol–water partition coefficient (Wildman–Crippen LogP) is 3.04. The number of likely N-dealkylation sites (N-methyl/N-ethyl adjacent to an activating group) is 1. The lowest BCUT2D eigenvalue weighted by Gasteiger charge is -2.30. The van der Waals surface area contributed by atoms with Crippen molar-refractivity contribution in [3.63, 3.8) is 0 Å². The fourth-order valence-electron chi connectivity index (χ4n) is 2.01. The first-order chi connectivity index (χ1) is 8.79. The van der Waals surface area contributed by atoms with E-state index in [1.807, 2.05) is 0 Å². The van der Waals surface area contributed by atoms with Gasteiger partial charge in [0.05, 0.1) is 15.9 Å². The van der Waals surface area contributed by atoms with Gasteiger partial charge in [-0.15, -0.1) is 0 Å². The SMILES string of the molecule is CN1CCOC(c2nc(Cl)c(I)c(C(C)(C)C)n2)C1. The Hall–Kier alpha value is 0.0200. The Balaban J connectivity index is 2.39. The number of morpholine rings is 1. The quantitative estimate of drug-likeness (QED) is 0.541. The van der Waals surface area contributed by atoms with Gasteiger partial charge >= 0.3 is 0 Å². The van der Waals surface area contributed by atoms with Crippen LogP contribution in [-0.2, 0) is 10.2 Å². The molecule has 1 saturated heterocycles. The maximum absolute atomic E-state index is 6.25. The summed E-state index contributed by atoms with van der Waals surface area (Å²) in [5, 5.41) is 0.521. The summed E-state index contributed by atoms with van der Waals surface area (Å²) < 4.78 is 6.70. The fourth-order valence-corrected chi connectivity index (χ4v) is 3.24. The minimum Gasteiger partial charge on any atom is -0.368 e. The smallest absolute Gasteiger partial charge is 0.160 e. The summed E-state index contributed by atoms with van der Waals surface area (Å²) in [6, 6.07) is 0. The van der Waals surface area contributed by atoms with E-state index < -0.39 is 0 Å². The molecule has 1 unspecified atom stereocenters. The Morgan fingerprint density at radius 3 is 2.63 bits per heavy atom. The molecule has 1 aromatic heterocycles. The van der Waals surface area contributed by atoms with Crippen LogP contribution >= 0.6 is 34.2 Å². The number of aromatic nitrogens is 2. The summed E-state index contributed by atoms with van der Waals surface area (Å²) in [6.45, 7) is 8.85. The van der Waals surface area contributed by atoms with Gasteiger partial charge in [-0.3, -0.25) is 0 Å². The standard InChI is InChI=1S/C13H19ClIN3O/c1-13(2,3)10-9(15)11(14)17-12(16-10)8-7-18(4)5-6-19-8/h8H,5-7H2,1-4H3. The summed E-state index contributed by atoms with van der Waals surface area (Å²) in [7, 11) is 2.08. The number of hydrogen-bond donors (Lipinski definition) is 0. The molecule has 0 N–H and O–H groups in total. The fraction of sp³-hybridized carbons (Fsp3) is 0.692. The highest BCUT2D eigenvalue weighted by molar-refractivity contribution is 14.1. The summed E-state index contributed by atoms with van der Waals surface area (Å²) in [4.78, 5) is 11.3. The normalized spacial score (nSPS) is 21.7. The van der Waals surface area contributed by atoms with Crippen LogP contribution in [0.4, 0.5) is 0 Å². The van der Waals surface area contributed by atoms with E-state index in [0.717, 1.165) is 22.4 Å². The highest BCUT2D eigenvalue weighted by atomic mass is 127. The maximum Gasteiger partial charge on any atom is 0.160 e.